The summed E-state index contributed by atoms with van der Waals surface area (Å²) >= 11 is 0. The first-order chi connectivity index (χ1) is 8.65. The van der Waals surface area contributed by atoms with Gasteiger partial charge in [-0.1, -0.05) is 19.3 Å². The average Bonchev–Trinajstić information content (AvgIpc) is 2.40. The number of aliphatic hydroxyl groups excluding tert-OH is 1. The van der Waals surface area contributed by atoms with Crippen molar-refractivity contribution in [2.24, 2.45) is 0 Å². The lowest BCUT2D eigenvalue weighted by atomic mass is 9.79. The first-order valence-electron chi connectivity index (χ1n) is 7.30. The highest BCUT2D eigenvalue weighted by Crippen LogP contribution is 2.31. The lowest BCUT2D eigenvalue weighted by Crippen LogP contribution is -2.50. The van der Waals surface area contributed by atoms with Gasteiger partial charge < -0.3 is 15.3 Å². The molecule has 1 heterocycles. The third-order valence-corrected chi connectivity index (χ3v) is 4.65. The van der Waals surface area contributed by atoms with Gasteiger partial charge in [0, 0.05) is 25.0 Å². The number of carbonyl (C=O) groups is 1. The molecule has 18 heavy (non-hydrogen) atoms. The maximum absolute atomic E-state index is 12.3. The van der Waals surface area contributed by atoms with E-state index >= 15 is 0 Å². The number of piperidine rings is 1. The summed E-state index contributed by atoms with van der Waals surface area (Å²) in [5, 5.41) is 12.9. The van der Waals surface area contributed by atoms with E-state index in [4.69, 9.17) is 0 Å². The van der Waals surface area contributed by atoms with Crippen molar-refractivity contribution in [3.63, 3.8) is 0 Å². The third-order valence-electron chi connectivity index (χ3n) is 4.65. The molecule has 0 spiro atoms. The minimum Gasteiger partial charge on any atom is -0.393 e. The molecular weight excluding hydrogens is 228 g/mol. The monoisotopic (exact) mass is 254 g/mol. The van der Waals surface area contributed by atoms with Crippen molar-refractivity contribution in [1.29, 1.82) is 0 Å². The summed E-state index contributed by atoms with van der Waals surface area (Å²) < 4.78 is 0. The van der Waals surface area contributed by atoms with Gasteiger partial charge in [-0.15, -0.1) is 0 Å². The van der Waals surface area contributed by atoms with Crippen LogP contribution in [0.4, 0.5) is 0 Å². The van der Waals surface area contributed by atoms with Crippen LogP contribution in [-0.4, -0.2) is 47.7 Å². The maximum Gasteiger partial charge on any atom is 0.224 e. The summed E-state index contributed by atoms with van der Waals surface area (Å²) in [6.45, 7) is 1.44. The predicted octanol–water partition coefficient (Wildman–Crippen LogP) is 1.28. The SMILES string of the molecule is CNC1(CC(=O)N2CCC(O)CC2)CCCCC1. The van der Waals surface area contributed by atoms with Crippen LogP contribution in [0.25, 0.3) is 0 Å². The quantitative estimate of drug-likeness (QED) is 0.798. The summed E-state index contributed by atoms with van der Waals surface area (Å²) in [7, 11) is 1.98. The minimum absolute atomic E-state index is 0.0331. The van der Waals surface area contributed by atoms with Crippen LogP contribution in [0.1, 0.15) is 51.4 Å². The van der Waals surface area contributed by atoms with Crippen LogP contribution in [0, 0.1) is 0 Å². The van der Waals surface area contributed by atoms with Crippen LogP contribution in [-0.2, 0) is 4.79 Å². The number of aliphatic hydroxyl groups is 1. The molecule has 0 unspecified atom stereocenters. The Morgan fingerprint density at radius 2 is 1.89 bits per heavy atom. The topological polar surface area (TPSA) is 52.6 Å². The lowest BCUT2D eigenvalue weighted by Gasteiger charge is -2.39. The molecule has 2 N–H and O–H groups in total. The van der Waals surface area contributed by atoms with Crippen LogP contribution < -0.4 is 5.32 Å². The molecular formula is C14H26N2O2. The van der Waals surface area contributed by atoms with Gasteiger partial charge >= 0.3 is 0 Å². The van der Waals surface area contributed by atoms with Gasteiger partial charge in [-0.2, -0.15) is 0 Å². The molecule has 1 saturated carbocycles. The van der Waals surface area contributed by atoms with Crippen LogP contribution in [0.15, 0.2) is 0 Å². The van der Waals surface area contributed by atoms with Crippen molar-refractivity contribution in [1.82, 2.24) is 10.2 Å². The van der Waals surface area contributed by atoms with Crippen LogP contribution in [0.2, 0.25) is 0 Å². The number of nitrogens with one attached hydrogen (secondary N) is 1. The third kappa shape index (κ3) is 3.23. The summed E-state index contributed by atoms with van der Waals surface area (Å²) in [6.07, 6.45) is 7.88. The molecule has 4 heteroatoms. The largest absolute Gasteiger partial charge is 0.393 e. The van der Waals surface area contributed by atoms with E-state index in [9.17, 15) is 9.90 Å². The zero-order valence-corrected chi connectivity index (χ0v) is 11.5. The van der Waals surface area contributed by atoms with Crippen molar-refractivity contribution < 1.29 is 9.90 Å². The molecule has 0 aromatic rings. The zero-order valence-electron chi connectivity index (χ0n) is 11.5. The molecule has 2 fully saturated rings. The standard InChI is InChI=1S/C14H26N2O2/c1-15-14(7-3-2-4-8-14)11-13(18)16-9-5-12(17)6-10-16/h12,15,17H,2-11H2,1H3. The van der Waals surface area contributed by atoms with Crippen molar-refractivity contribution in [3.8, 4) is 0 Å². The Bertz CT molecular complexity index is 280. The highest BCUT2D eigenvalue weighted by atomic mass is 16.3. The smallest absolute Gasteiger partial charge is 0.224 e. The minimum atomic E-state index is -0.206. The van der Waals surface area contributed by atoms with E-state index in [1.165, 1.54) is 19.3 Å². The molecule has 2 aliphatic rings. The van der Waals surface area contributed by atoms with Crippen molar-refractivity contribution in [2.75, 3.05) is 20.1 Å². The Kier molecular flexibility index (Phi) is 4.62. The number of hydrogen-bond donors (Lipinski definition) is 2. The summed E-state index contributed by atoms with van der Waals surface area (Å²) in [4.78, 5) is 14.3. The van der Waals surface area contributed by atoms with Gasteiger partial charge in [0.2, 0.25) is 5.91 Å². The summed E-state index contributed by atoms with van der Waals surface area (Å²) in [5.41, 5.74) is 0.0331. The molecule has 104 valence electrons. The Morgan fingerprint density at radius 1 is 1.28 bits per heavy atom. The summed E-state index contributed by atoms with van der Waals surface area (Å²) in [5.74, 6) is 0.262. The molecule has 0 atom stereocenters. The van der Waals surface area contributed by atoms with Gasteiger partial charge in [0.25, 0.3) is 0 Å². The van der Waals surface area contributed by atoms with Gasteiger partial charge in [-0.05, 0) is 32.7 Å². The zero-order chi connectivity index (χ0) is 13.0. The number of likely N-dealkylation sites (tertiary alicyclic amines) is 1. The molecule has 0 aromatic heterocycles. The second-order valence-electron chi connectivity index (χ2n) is 5.88. The van der Waals surface area contributed by atoms with Crippen LogP contribution in [0.3, 0.4) is 0 Å². The van der Waals surface area contributed by atoms with E-state index in [0.29, 0.717) is 6.42 Å². The molecule has 4 nitrogen and oxygen atoms in total. The Labute approximate surface area is 110 Å². The van der Waals surface area contributed by atoms with Gasteiger partial charge in [-0.25, -0.2) is 0 Å². The van der Waals surface area contributed by atoms with Crippen molar-refractivity contribution in [2.45, 2.75) is 63.0 Å². The number of carbonyl (C=O) groups excluding carboxylic acids is 1. The Morgan fingerprint density at radius 3 is 2.44 bits per heavy atom. The normalized spacial score (nSPS) is 25.1. The molecule has 0 bridgehead atoms. The molecule has 1 aliphatic carbocycles. The van der Waals surface area contributed by atoms with E-state index in [-0.39, 0.29) is 17.6 Å². The first-order valence-corrected chi connectivity index (χ1v) is 7.30. The predicted molar refractivity (Wildman–Crippen MR) is 71.3 cm³/mol. The average molecular weight is 254 g/mol. The Balaban J connectivity index is 1.89. The molecule has 1 amide bonds. The fraction of sp³-hybridized carbons (Fsp3) is 0.929. The number of amides is 1. The molecule has 2 rings (SSSR count). The number of hydrogen-bond acceptors (Lipinski definition) is 3. The van der Waals surface area contributed by atoms with Gasteiger partial charge in [0.05, 0.1) is 6.10 Å². The van der Waals surface area contributed by atoms with Crippen LogP contribution >= 0.6 is 0 Å². The molecule has 1 saturated heterocycles. The highest BCUT2D eigenvalue weighted by Gasteiger charge is 2.34. The fourth-order valence-corrected chi connectivity index (χ4v) is 3.26. The van der Waals surface area contributed by atoms with E-state index < -0.39 is 0 Å². The second-order valence-corrected chi connectivity index (χ2v) is 5.88. The molecule has 1 aliphatic heterocycles. The van der Waals surface area contributed by atoms with Gasteiger partial charge in [0.1, 0.15) is 0 Å². The second kappa shape index (κ2) is 6.02. The van der Waals surface area contributed by atoms with Gasteiger partial charge in [-0.3, -0.25) is 4.79 Å². The van der Waals surface area contributed by atoms with Crippen molar-refractivity contribution >= 4 is 5.91 Å². The van der Waals surface area contributed by atoms with Crippen LogP contribution in [0.5, 0.6) is 0 Å². The highest BCUT2D eigenvalue weighted by molar-refractivity contribution is 5.77. The molecule has 0 aromatic carbocycles. The Hall–Kier alpha value is -0.610. The van der Waals surface area contributed by atoms with E-state index in [1.54, 1.807) is 0 Å². The molecule has 0 radical (unpaired) electrons. The maximum atomic E-state index is 12.3. The summed E-state index contributed by atoms with van der Waals surface area (Å²) in [6, 6.07) is 0. The van der Waals surface area contributed by atoms with E-state index in [0.717, 1.165) is 38.8 Å². The number of nitrogens with zero attached hydrogens (tertiary/aromatic N) is 1. The number of rotatable bonds is 3. The fourth-order valence-electron chi connectivity index (χ4n) is 3.26. The van der Waals surface area contributed by atoms with Crippen molar-refractivity contribution in [3.05, 3.63) is 0 Å². The lowest BCUT2D eigenvalue weighted by molar-refractivity contribution is -0.135. The van der Waals surface area contributed by atoms with E-state index in [2.05, 4.69) is 5.32 Å². The van der Waals surface area contributed by atoms with Gasteiger partial charge in [0.15, 0.2) is 0 Å². The first kappa shape index (κ1) is 13.8. The van der Waals surface area contributed by atoms with E-state index in [1.807, 2.05) is 11.9 Å².